The van der Waals surface area contributed by atoms with Crippen LogP contribution in [0, 0.1) is 5.92 Å². The molecule has 2 fully saturated rings. The van der Waals surface area contributed by atoms with Crippen molar-refractivity contribution in [1.82, 2.24) is 10.2 Å². The summed E-state index contributed by atoms with van der Waals surface area (Å²) in [6.07, 6.45) is 8.19. The molecule has 3 heteroatoms. The first-order valence-electron chi connectivity index (χ1n) is 6.89. The number of hydrogen-bond donors (Lipinski definition) is 1. The Morgan fingerprint density at radius 3 is 2.65 bits per heavy atom. The zero-order chi connectivity index (χ0) is 12.3. The summed E-state index contributed by atoms with van der Waals surface area (Å²) >= 11 is 0. The summed E-state index contributed by atoms with van der Waals surface area (Å²) in [7, 11) is 1.88. The van der Waals surface area contributed by atoms with Crippen molar-refractivity contribution in [3.8, 4) is 0 Å². The van der Waals surface area contributed by atoms with E-state index in [1.165, 1.54) is 25.7 Å². The lowest BCUT2D eigenvalue weighted by Crippen LogP contribution is -2.44. The van der Waals surface area contributed by atoms with Crippen LogP contribution in [-0.4, -0.2) is 30.4 Å². The molecule has 1 unspecified atom stereocenters. The van der Waals surface area contributed by atoms with E-state index >= 15 is 0 Å². The molecule has 1 aliphatic heterocycles. The van der Waals surface area contributed by atoms with E-state index in [2.05, 4.69) is 11.9 Å². The van der Waals surface area contributed by atoms with Gasteiger partial charge in [-0.2, -0.15) is 0 Å². The number of carbonyl (C=O) groups is 1. The van der Waals surface area contributed by atoms with Crippen molar-refractivity contribution in [1.29, 1.82) is 0 Å². The highest BCUT2D eigenvalue weighted by atomic mass is 16.2. The maximum Gasteiger partial charge on any atom is 0.243 e. The fourth-order valence-corrected chi connectivity index (χ4v) is 3.05. The summed E-state index contributed by atoms with van der Waals surface area (Å²) in [5.41, 5.74) is 1.03. The molecular formula is C14H24N2O. The van der Waals surface area contributed by atoms with Gasteiger partial charge in [0.1, 0.15) is 0 Å². The third-order valence-electron chi connectivity index (χ3n) is 4.17. The summed E-state index contributed by atoms with van der Waals surface area (Å²) in [5.74, 6) is 0.938. The van der Waals surface area contributed by atoms with Crippen LogP contribution >= 0.6 is 0 Å². The summed E-state index contributed by atoms with van der Waals surface area (Å²) in [5, 5.41) is 3.14. The van der Waals surface area contributed by atoms with Crippen LogP contribution in [0.15, 0.2) is 12.3 Å². The predicted octanol–water partition coefficient (Wildman–Crippen LogP) is 2.29. The Morgan fingerprint density at radius 2 is 2.00 bits per heavy atom. The van der Waals surface area contributed by atoms with E-state index in [4.69, 9.17) is 0 Å². The lowest BCUT2D eigenvalue weighted by atomic mass is 10.1. The van der Waals surface area contributed by atoms with Crippen LogP contribution in [0.25, 0.3) is 0 Å². The van der Waals surface area contributed by atoms with Gasteiger partial charge in [-0.15, -0.1) is 0 Å². The molecule has 0 aromatic carbocycles. The molecule has 2 rings (SSSR count). The van der Waals surface area contributed by atoms with Gasteiger partial charge < -0.3 is 10.2 Å². The van der Waals surface area contributed by atoms with Crippen molar-refractivity contribution in [2.75, 3.05) is 13.6 Å². The van der Waals surface area contributed by atoms with Gasteiger partial charge in [0.25, 0.3) is 0 Å². The van der Waals surface area contributed by atoms with E-state index in [1.54, 1.807) is 0 Å². The molecule has 1 heterocycles. The molecular weight excluding hydrogens is 212 g/mol. The van der Waals surface area contributed by atoms with Crippen LogP contribution < -0.4 is 5.32 Å². The molecule has 0 spiro atoms. The first-order chi connectivity index (χ1) is 8.22. The normalized spacial score (nSPS) is 27.6. The summed E-state index contributed by atoms with van der Waals surface area (Å²) in [6, 6.07) is -0.00402. The van der Waals surface area contributed by atoms with Crippen LogP contribution in [0.1, 0.15) is 44.9 Å². The van der Waals surface area contributed by atoms with Crippen LogP contribution in [0.2, 0.25) is 0 Å². The SMILES string of the molecule is C=C1CCCC(NC)C(=O)N1CC1CCCC1. The number of allylic oxidation sites excluding steroid dienone is 1. The van der Waals surface area contributed by atoms with Gasteiger partial charge in [-0.25, -0.2) is 0 Å². The maximum atomic E-state index is 12.4. The molecule has 2 aliphatic rings. The second-order valence-corrected chi connectivity index (χ2v) is 5.40. The molecule has 1 saturated carbocycles. The van der Waals surface area contributed by atoms with Crippen LogP contribution in [0.5, 0.6) is 0 Å². The highest BCUT2D eigenvalue weighted by molar-refractivity contribution is 5.83. The van der Waals surface area contributed by atoms with Crippen molar-refractivity contribution in [2.45, 2.75) is 51.0 Å². The Labute approximate surface area is 104 Å². The third kappa shape index (κ3) is 2.89. The Hall–Kier alpha value is -0.830. The number of hydrogen-bond acceptors (Lipinski definition) is 2. The second kappa shape index (κ2) is 5.67. The third-order valence-corrected chi connectivity index (χ3v) is 4.17. The smallest absolute Gasteiger partial charge is 0.243 e. The average Bonchev–Trinajstić information content (AvgIpc) is 2.79. The zero-order valence-electron chi connectivity index (χ0n) is 10.9. The molecule has 1 N–H and O–H groups in total. The minimum absolute atomic E-state index is 0.00402. The Bertz CT molecular complexity index is 295. The number of amides is 1. The van der Waals surface area contributed by atoms with E-state index in [9.17, 15) is 4.79 Å². The number of rotatable bonds is 3. The van der Waals surface area contributed by atoms with Crippen molar-refractivity contribution >= 4 is 5.91 Å². The molecule has 0 bridgehead atoms. The highest BCUT2D eigenvalue weighted by Crippen LogP contribution is 2.28. The van der Waals surface area contributed by atoms with Crippen LogP contribution in [0.3, 0.4) is 0 Å². The van der Waals surface area contributed by atoms with Gasteiger partial charge in [-0.1, -0.05) is 19.4 Å². The topological polar surface area (TPSA) is 32.3 Å². The van der Waals surface area contributed by atoms with E-state index in [-0.39, 0.29) is 11.9 Å². The molecule has 0 radical (unpaired) electrons. The molecule has 0 aromatic heterocycles. The summed E-state index contributed by atoms with van der Waals surface area (Å²) in [6.45, 7) is 4.99. The fourth-order valence-electron chi connectivity index (χ4n) is 3.05. The number of carbonyl (C=O) groups excluding carboxylic acids is 1. The van der Waals surface area contributed by atoms with Crippen molar-refractivity contribution < 1.29 is 4.79 Å². The van der Waals surface area contributed by atoms with Gasteiger partial charge in [0, 0.05) is 12.2 Å². The first-order valence-corrected chi connectivity index (χ1v) is 6.89. The second-order valence-electron chi connectivity index (χ2n) is 5.40. The van der Waals surface area contributed by atoms with Crippen LogP contribution in [0.4, 0.5) is 0 Å². The first kappa shape index (κ1) is 12.6. The maximum absolute atomic E-state index is 12.4. The van der Waals surface area contributed by atoms with Gasteiger partial charge in [-0.05, 0) is 45.1 Å². The predicted molar refractivity (Wildman–Crippen MR) is 69.5 cm³/mol. The Balaban J connectivity index is 2.03. The summed E-state index contributed by atoms with van der Waals surface area (Å²) in [4.78, 5) is 14.3. The van der Waals surface area contributed by atoms with E-state index in [0.717, 1.165) is 31.5 Å². The van der Waals surface area contributed by atoms with Gasteiger partial charge in [0.05, 0.1) is 6.04 Å². The lowest BCUT2D eigenvalue weighted by molar-refractivity contribution is -0.131. The minimum Gasteiger partial charge on any atom is -0.315 e. The van der Waals surface area contributed by atoms with Crippen molar-refractivity contribution in [3.05, 3.63) is 12.3 Å². The van der Waals surface area contributed by atoms with Gasteiger partial charge in [0.15, 0.2) is 0 Å². The number of likely N-dealkylation sites (N-methyl/N-ethyl adjacent to an activating group) is 1. The quantitative estimate of drug-likeness (QED) is 0.815. The Morgan fingerprint density at radius 1 is 1.29 bits per heavy atom. The highest BCUT2D eigenvalue weighted by Gasteiger charge is 2.30. The lowest BCUT2D eigenvalue weighted by Gasteiger charge is -2.28. The molecule has 1 amide bonds. The van der Waals surface area contributed by atoms with Crippen LogP contribution in [-0.2, 0) is 4.79 Å². The van der Waals surface area contributed by atoms with Gasteiger partial charge in [-0.3, -0.25) is 4.79 Å². The van der Waals surface area contributed by atoms with Gasteiger partial charge >= 0.3 is 0 Å². The summed E-state index contributed by atoms with van der Waals surface area (Å²) < 4.78 is 0. The average molecular weight is 236 g/mol. The molecule has 0 aromatic rings. The molecule has 3 nitrogen and oxygen atoms in total. The van der Waals surface area contributed by atoms with E-state index < -0.39 is 0 Å². The molecule has 1 atom stereocenters. The molecule has 17 heavy (non-hydrogen) atoms. The molecule has 1 saturated heterocycles. The minimum atomic E-state index is -0.00402. The number of likely N-dealkylation sites (tertiary alicyclic amines) is 1. The van der Waals surface area contributed by atoms with Crippen molar-refractivity contribution in [2.24, 2.45) is 5.92 Å². The Kier molecular flexibility index (Phi) is 4.21. The fraction of sp³-hybridized carbons (Fsp3) is 0.786. The number of nitrogens with zero attached hydrogens (tertiary/aromatic N) is 1. The largest absolute Gasteiger partial charge is 0.315 e. The van der Waals surface area contributed by atoms with Gasteiger partial charge in [0.2, 0.25) is 5.91 Å². The monoisotopic (exact) mass is 236 g/mol. The molecule has 1 aliphatic carbocycles. The zero-order valence-corrected chi connectivity index (χ0v) is 10.9. The number of nitrogens with one attached hydrogen (secondary N) is 1. The molecule has 96 valence electrons. The van der Waals surface area contributed by atoms with E-state index in [1.807, 2.05) is 11.9 Å². The van der Waals surface area contributed by atoms with Crippen molar-refractivity contribution in [3.63, 3.8) is 0 Å². The standard InChI is InChI=1S/C14H24N2O/c1-11-6-5-9-13(15-2)14(17)16(11)10-12-7-3-4-8-12/h12-13,15H,1,3-10H2,2H3. The van der Waals surface area contributed by atoms with E-state index in [0.29, 0.717) is 5.92 Å².